The van der Waals surface area contributed by atoms with Crippen LogP contribution in [0.4, 0.5) is 0 Å². The molecule has 2 aromatic rings. The lowest BCUT2D eigenvalue weighted by atomic mass is 10.2. The Morgan fingerprint density at radius 2 is 1.73 bits per heavy atom. The van der Waals surface area contributed by atoms with Gasteiger partial charge in [-0.3, -0.25) is 4.79 Å². The molecule has 0 aliphatic heterocycles. The summed E-state index contributed by atoms with van der Waals surface area (Å²) in [4.78, 5) is 24.2. The van der Waals surface area contributed by atoms with Gasteiger partial charge in [0.05, 0.1) is 26.4 Å². The molecule has 2 rings (SSSR count). The van der Waals surface area contributed by atoms with Crippen molar-refractivity contribution in [3.05, 3.63) is 48.8 Å². The highest BCUT2D eigenvalue weighted by molar-refractivity contribution is 7.08. The molecule has 138 valence electrons. The monoisotopic (exact) mass is 395 g/mol. The third kappa shape index (κ3) is 6.25. The molecule has 0 unspecified atom stereocenters. The highest BCUT2D eigenvalue weighted by Gasteiger charge is 2.10. The Kier molecular flexibility index (Phi) is 9.55. The van der Waals surface area contributed by atoms with Crippen molar-refractivity contribution in [1.82, 2.24) is 0 Å². The molecule has 2 aromatic heterocycles. The van der Waals surface area contributed by atoms with Crippen molar-refractivity contribution < 1.29 is 23.8 Å². The van der Waals surface area contributed by atoms with Gasteiger partial charge in [-0.2, -0.15) is 0 Å². The molecule has 0 spiro atoms. The van der Waals surface area contributed by atoms with Crippen LogP contribution in [0.15, 0.2) is 32.3 Å². The number of thiophene rings is 2. The summed E-state index contributed by atoms with van der Waals surface area (Å²) in [6, 6.07) is 0. The van der Waals surface area contributed by atoms with Gasteiger partial charge in [0.15, 0.2) is 6.29 Å². The largest absolute Gasteiger partial charge is 0.495 e. The number of esters is 1. The summed E-state index contributed by atoms with van der Waals surface area (Å²) in [5.41, 5.74) is 9.60. The predicted molar refractivity (Wildman–Crippen MR) is 101 cm³/mol. The van der Waals surface area contributed by atoms with E-state index in [1.807, 2.05) is 0 Å². The molecular formula is C16H17N3O5S2. The molecule has 26 heavy (non-hydrogen) atoms. The van der Waals surface area contributed by atoms with Gasteiger partial charge < -0.3 is 14.2 Å². The Bertz CT molecular complexity index is 806. The number of carbonyl (C=O) groups is 2. The zero-order chi connectivity index (χ0) is 19.4. The van der Waals surface area contributed by atoms with Crippen LogP contribution in [0.5, 0.6) is 11.5 Å². The quantitative estimate of drug-likeness (QED) is 0.171. The zero-order valence-electron chi connectivity index (χ0n) is 14.4. The van der Waals surface area contributed by atoms with E-state index in [1.165, 1.54) is 35.9 Å². The van der Waals surface area contributed by atoms with Gasteiger partial charge in [-0.1, -0.05) is 5.11 Å². The van der Waals surface area contributed by atoms with Crippen molar-refractivity contribution in [1.29, 1.82) is 0 Å². The Labute approximate surface area is 158 Å². The van der Waals surface area contributed by atoms with Crippen molar-refractivity contribution in [3.63, 3.8) is 0 Å². The average molecular weight is 395 g/mol. The summed E-state index contributed by atoms with van der Waals surface area (Å²) >= 11 is 2.88. The van der Waals surface area contributed by atoms with Crippen LogP contribution in [0.3, 0.4) is 0 Å². The van der Waals surface area contributed by atoms with Gasteiger partial charge in [0.25, 0.3) is 0 Å². The molecule has 0 atom stereocenters. The molecule has 0 radical (unpaired) electrons. The second-order valence-corrected chi connectivity index (χ2v) is 5.84. The molecular weight excluding hydrogens is 378 g/mol. The SMILES string of the molecule is CCOC(=O)/C(=C/c1cscc1OC)N=[N+]=[N-].COc1cscc1C=O. The van der Waals surface area contributed by atoms with Gasteiger partial charge in [0.2, 0.25) is 0 Å². The first-order valence-corrected chi connectivity index (χ1v) is 9.09. The number of aldehydes is 1. The molecule has 0 N–H and O–H groups in total. The summed E-state index contributed by atoms with van der Waals surface area (Å²) in [5, 5.41) is 10.4. The number of methoxy groups -OCH3 is 2. The van der Waals surface area contributed by atoms with E-state index in [0.29, 0.717) is 22.6 Å². The fraction of sp³-hybridized carbons (Fsp3) is 0.250. The van der Waals surface area contributed by atoms with Gasteiger partial charge in [-0.25, -0.2) is 4.79 Å². The maximum Gasteiger partial charge on any atom is 0.340 e. The molecule has 0 amide bonds. The lowest BCUT2D eigenvalue weighted by Gasteiger charge is -2.01. The standard InChI is InChI=1S/C10H11N3O3S.C6H6O2S/c1-3-16-10(14)8(12-13-11)4-7-5-17-6-9(7)15-2;1-8-6-4-9-3-5(6)2-7/h4-6H,3H2,1-2H3;2-4H,1H3/b8-4-;. The molecule has 0 aliphatic carbocycles. The van der Waals surface area contributed by atoms with E-state index in [1.54, 1.807) is 35.6 Å². The summed E-state index contributed by atoms with van der Waals surface area (Å²) in [6.07, 6.45) is 2.22. The first-order valence-electron chi connectivity index (χ1n) is 7.20. The number of ether oxygens (including phenoxy) is 3. The number of nitrogens with zero attached hydrogens (tertiary/aromatic N) is 3. The number of hydrogen-bond acceptors (Lipinski definition) is 8. The summed E-state index contributed by atoms with van der Waals surface area (Å²) in [6.45, 7) is 1.90. The van der Waals surface area contributed by atoms with E-state index in [-0.39, 0.29) is 12.3 Å². The second kappa shape index (κ2) is 11.7. The van der Waals surface area contributed by atoms with Crippen LogP contribution >= 0.6 is 22.7 Å². The lowest BCUT2D eigenvalue weighted by Crippen LogP contribution is -2.05. The molecule has 0 aliphatic rings. The van der Waals surface area contributed by atoms with Crippen molar-refractivity contribution >= 4 is 41.0 Å². The lowest BCUT2D eigenvalue weighted by molar-refractivity contribution is -0.138. The van der Waals surface area contributed by atoms with Crippen molar-refractivity contribution in [3.8, 4) is 11.5 Å². The van der Waals surface area contributed by atoms with Gasteiger partial charge in [-0.05, 0) is 18.5 Å². The third-order valence-corrected chi connectivity index (χ3v) is 4.29. The Morgan fingerprint density at radius 1 is 1.15 bits per heavy atom. The topological polar surface area (TPSA) is 111 Å². The minimum Gasteiger partial charge on any atom is -0.495 e. The van der Waals surface area contributed by atoms with Crippen LogP contribution < -0.4 is 9.47 Å². The van der Waals surface area contributed by atoms with Crippen molar-refractivity contribution in [2.45, 2.75) is 6.92 Å². The van der Waals surface area contributed by atoms with Crippen molar-refractivity contribution in [2.75, 3.05) is 20.8 Å². The first kappa shape index (κ1) is 21.2. The van der Waals surface area contributed by atoms with Gasteiger partial charge in [-0.15, -0.1) is 22.7 Å². The van der Waals surface area contributed by atoms with Crippen LogP contribution in [-0.4, -0.2) is 33.1 Å². The number of hydrogen-bond donors (Lipinski definition) is 0. The maximum atomic E-state index is 11.5. The number of carbonyl (C=O) groups excluding carboxylic acids is 2. The minimum absolute atomic E-state index is 0.0916. The van der Waals surface area contributed by atoms with Gasteiger partial charge in [0.1, 0.15) is 17.2 Å². The van der Waals surface area contributed by atoms with Crippen LogP contribution in [0.25, 0.3) is 16.5 Å². The van der Waals surface area contributed by atoms with Gasteiger partial charge >= 0.3 is 5.97 Å². The normalized spacial score (nSPS) is 10.0. The van der Waals surface area contributed by atoms with E-state index in [0.717, 1.165) is 6.29 Å². The average Bonchev–Trinajstić information content (AvgIpc) is 3.30. The van der Waals surface area contributed by atoms with E-state index in [2.05, 4.69) is 10.0 Å². The molecule has 0 saturated heterocycles. The Balaban J connectivity index is 0.000000314. The highest BCUT2D eigenvalue weighted by atomic mass is 32.1. The second-order valence-electron chi connectivity index (χ2n) is 4.35. The van der Waals surface area contributed by atoms with Gasteiger partial charge in [0, 0.05) is 32.0 Å². The Hall–Kier alpha value is -2.81. The zero-order valence-corrected chi connectivity index (χ0v) is 16.0. The summed E-state index contributed by atoms with van der Waals surface area (Å²) < 4.78 is 14.7. The molecule has 0 bridgehead atoms. The van der Waals surface area contributed by atoms with Crippen molar-refractivity contribution in [2.24, 2.45) is 5.11 Å². The van der Waals surface area contributed by atoms with Crippen LogP contribution in [0.1, 0.15) is 22.8 Å². The molecule has 0 fully saturated rings. The minimum atomic E-state index is -0.654. The van der Waals surface area contributed by atoms with Crippen LogP contribution in [0, 0.1) is 0 Å². The molecule has 8 nitrogen and oxygen atoms in total. The summed E-state index contributed by atoms with van der Waals surface area (Å²) in [5.74, 6) is 0.624. The fourth-order valence-electron chi connectivity index (χ4n) is 1.64. The van der Waals surface area contributed by atoms with E-state index >= 15 is 0 Å². The fourth-order valence-corrected chi connectivity index (χ4v) is 3.14. The number of rotatable bonds is 7. The van der Waals surface area contributed by atoms with Crippen LogP contribution in [-0.2, 0) is 9.53 Å². The van der Waals surface area contributed by atoms with Crippen LogP contribution in [0.2, 0.25) is 0 Å². The first-order chi connectivity index (χ1) is 12.6. The van der Waals surface area contributed by atoms with E-state index in [9.17, 15) is 9.59 Å². The molecule has 10 heteroatoms. The van der Waals surface area contributed by atoms with E-state index in [4.69, 9.17) is 19.7 Å². The maximum absolute atomic E-state index is 11.5. The van der Waals surface area contributed by atoms with E-state index < -0.39 is 5.97 Å². The number of azide groups is 1. The molecule has 0 aromatic carbocycles. The Morgan fingerprint density at radius 3 is 2.19 bits per heavy atom. The third-order valence-electron chi connectivity index (χ3n) is 2.81. The predicted octanol–water partition coefficient (Wildman–Crippen LogP) is 4.54. The molecule has 0 saturated carbocycles. The smallest absolute Gasteiger partial charge is 0.340 e. The molecule has 2 heterocycles. The highest BCUT2D eigenvalue weighted by Crippen LogP contribution is 2.26. The summed E-state index contributed by atoms with van der Waals surface area (Å²) in [7, 11) is 3.08.